The molecule has 94 valence electrons. The lowest BCUT2D eigenvalue weighted by Crippen LogP contribution is -2.01. The van der Waals surface area contributed by atoms with Gasteiger partial charge in [0.1, 0.15) is 5.82 Å². The zero-order valence-corrected chi connectivity index (χ0v) is 11.8. The quantitative estimate of drug-likeness (QED) is 0.388. The molecular formula is C13H7ClF3I. The van der Waals surface area contributed by atoms with E-state index in [1.54, 1.807) is 12.1 Å². The highest BCUT2D eigenvalue weighted by molar-refractivity contribution is 14.1. The Morgan fingerprint density at radius 2 is 1.50 bits per heavy atom. The van der Waals surface area contributed by atoms with Gasteiger partial charge in [-0.1, -0.05) is 18.2 Å². The van der Waals surface area contributed by atoms with Gasteiger partial charge < -0.3 is 0 Å². The molecule has 0 radical (unpaired) electrons. The fourth-order valence-electron chi connectivity index (χ4n) is 1.58. The SMILES string of the molecule is Fc1cc(F)c(C(Cl)c2ccccc2I)cc1F. The van der Waals surface area contributed by atoms with E-state index in [9.17, 15) is 13.2 Å². The maximum Gasteiger partial charge on any atom is 0.161 e. The topological polar surface area (TPSA) is 0 Å². The average Bonchev–Trinajstić information content (AvgIpc) is 2.33. The fraction of sp³-hybridized carbons (Fsp3) is 0.0769. The minimum Gasteiger partial charge on any atom is -0.207 e. The van der Waals surface area contributed by atoms with Crippen LogP contribution in [-0.2, 0) is 0 Å². The summed E-state index contributed by atoms with van der Waals surface area (Å²) < 4.78 is 40.4. The Kier molecular flexibility index (Phi) is 4.17. The minimum absolute atomic E-state index is 0.0697. The molecule has 0 saturated heterocycles. The Balaban J connectivity index is 2.50. The Bertz CT molecular complexity index is 586. The van der Waals surface area contributed by atoms with E-state index in [1.165, 1.54) is 0 Å². The lowest BCUT2D eigenvalue weighted by molar-refractivity contribution is 0.490. The molecule has 0 amide bonds. The van der Waals surface area contributed by atoms with Gasteiger partial charge in [-0.15, -0.1) is 11.6 Å². The molecule has 0 bridgehead atoms. The van der Waals surface area contributed by atoms with Crippen LogP contribution in [0.2, 0.25) is 0 Å². The van der Waals surface area contributed by atoms with Crippen LogP contribution in [0.25, 0.3) is 0 Å². The summed E-state index contributed by atoms with van der Waals surface area (Å²) in [5.74, 6) is -3.18. The van der Waals surface area contributed by atoms with Gasteiger partial charge in [0.05, 0.1) is 5.38 Å². The van der Waals surface area contributed by atoms with Crippen LogP contribution in [0, 0.1) is 21.0 Å². The maximum absolute atomic E-state index is 13.6. The van der Waals surface area contributed by atoms with Gasteiger partial charge in [-0.25, -0.2) is 13.2 Å². The highest BCUT2D eigenvalue weighted by Gasteiger charge is 2.20. The Morgan fingerprint density at radius 1 is 0.889 bits per heavy atom. The van der Waals surface area contributed by atoms with Gasteiger partial charge in [0.2, 0.25) is 0 Å². The number of benzene rings is 2. The molecule has 0 spiro atoms. The van der Waals surface area contributed by atoms with E-state index in [-0.39, 0.29) is 5.56 Å². The van der Waals surface area contributed by atoms with Crippen molar-refractivity contribution in [2.75, 3.05) is 0 Å². The van der Waals surface area contributed by atoms with Gasteiger partial charge in [0.25, 0.3) is 0 Å². The molecule has 1 unspecified atom stereocenters. The molecule has 2 aromatic rings. The summed E-state index contributed by atoms with van der Waals surface area (Å²) in [6.45, 7) is 0. The van der Waals surface area contributed by atoms with Crippen LogP contribution >= 0.6 is 34.2 Å². The van der Waals surface area contributed by atoms with E-state index >= 15 is 0 Å². The Morgan fingerprint density at radius 3 is 2.17 bits per heavy atom. The molecule has 0 nitrogen and oxygen atoms in total. The molecule has 18 heavy (non-hydrogen) atoms. The maximum atomic E-state index is 13.6. The first kappa shape index (κ1) is 13.7. The fourth-order valence-corrected chi connectivity index (χ4v) is 2.82. The van der Waals surface area contributed by atoms with Crippen LogP contribution in [0.5, 0.6) is 0 Å². The molecule has 2 rings (SSSR count). The highest BCUT2D eigenvalue weighted by atomic mass is 127. The summed E-state index contributed by atoms with van der Waals surface area (Å²) in [4.78, 5) is 0. The molecule has 0 aliphatic carbocycles. The van der Waals surface area contributed by atoms with Gasteiger partial charge >= 0.3 is 0 Å². The molecule has 2 aromatic carbocycles. The minimum atomic E-state index is -1.22. The van der Waals surface area contributed by atoms with E-state index in [0.29, 0.717) is 11.6 Å². The molecule has 0 aliphatic heterocycles. The molecule has 0 N–H and O–H groups in total. The number of hydrogen-bond donors (Lipinski definition) is 0. The Hall–Kier alpha value is -0.750. The number of rotatable bonds is 2. The third kappa shape index (κ3) is 2.64. The van der Waals surface area contributed by atoms with Crippen molar-refractivity contribution in [1.82, 2.24) is 0 Å². The average molecular weight is 383 g/mol. The van der Waals surface area contributed by atoms with Crippen LogP contribution in [0.15, 0.2) is 36.4 Å². The lowest BCUT2D eigenvalue weighted by atomic mass is 10.0. The molecule has 0 saturated carbocycles. The largest absolute Gasteiger partial charge is 0.207 e. The summed E-state index contributed by atoms with van der Waals surface area (Å²) in [6.07, 6.45) is 0. The first-order valence-electron chi connectivity index (χ1n) is 5.03. The van der Waals surface area contributed by atoms with Crippen molar-refractivity contribution in [1.29, 1.82) is 0 Å². The van der Waals surface area contributed by atoms with Crippen LogP contribution in [0.3, 0.4) is 0 Å². The molecular weight excluding hydrogens is 375 g/mol. The van der Waals surface area contributed by atoms with Crippen molar-refractivity contribution in [2.24, 2.45) is 0 Å². The van der Waals surface area contributed by atoms with Gasteiger partial charge in [-0.05, 0) is 40.3 Å². The third-order valence-corrected chi connectivity index (χ3v) is 3.94. The van der Waals surface area contributed by atoms with Crippen molar-refractivity contribution in [3.05, 3.63) is 68.5 Å². The molecule has 1 atom stereocenters. The molecule has 0 aromatic heterocycles. The second-order valence-electron chi connectivity index (χ2n) is 3.67. The van der Waals surface area contributed by atoms with Crippen molar-refractivity contribution in [3.63, 3.8) is 0 Å². The molecule has 0 heterocycles. The van der Waals surface area contributed by atoms with Crippen molar-refractivity contribution < 1.29 is 13.2 Å². The summed E-state index contributed by atoms with van der Waals surface area (Å²) in [5.41, 5.74) is 0.587. The predicted molar refractivity (Wildman–Crippen MR) is 73.2 cm³/mol. The van der Waals surface area contributed by atoms with Gasteiger partial charge in [0.15, 0.2) is 11.6 Å². The van der Waals surface area contributed by atoms with E-state index < -0.39 is 22.8 Å². The number of halogens is 5. The normalized spacial score (nSPS) is 12.5. The van der Waals surface area contributed by atoms with Crippen LogP contribution in [-0.4, -0.2) is 0 Å². The smallest absolute Gasteiger partial charge is 0.161 e. The van der Waals surface area contributed by atoms with E-state index in [0.717, 1.165) is 9.64 Å². The first-order valence-corrected chi connectivity index (χ1v) is 6.55. The summed E-state index contributed by atoms with van der Waals surface area (Å²) >= 11 is 8.19. The van der Waals surface area contributed by atoms with Gasteiger partial charge in [-0.2, -0.15) is 0 Å². The van der Waals surface area contributed by atoms with Crippen molar-refractivity contribution in [3.8, 4) is 0 Å². The van der Waals surface area contributed by atoms with Crippen LogP contribution in [0.4, 0.5) is 13.2 Å². The second-order valence-corrected chi connectivity index (χ2v) is 5.27. The van der Waals surface area contributed by atoms with Gasteiger partial charge in [-0.3, -0.25) is 0 Å². The second kappa shape index (κ2) is 5.48. The predicted octanol–water partition coefficient (Wildman–Crippen LogP) is 5.04. The van der Waals surface area contributed by atoms with E-state index in [1.807, 2.05) is 12.1 Å². The Labute approximate surface area is 121 Å². The monoisotopic (exact) mass is 382 g/mol. The number of alkyl halides is 1. The zero-order valence-electron chi connectivity index (χ0n) is 8.93. The summed E-state index contributed by atoms with van der Waals surface area (Å²) in [6, 6.07) is 8.41. The molecule has 0 aliphatic rings. The lowest BCUT2D eigenvalue weighted by Gasteiger charge is -2.13. The molecule has 0 fully saturated rings. The van der Waals surface area contributed by atoms with Crippen molar-refractivity contribution >= 4 is 34.2 Å². The highest BCUT2D eigenvalue weighted by Crippen LogP contribution is 2.34. The van der Waals surface area contributed by atoms with Crippen LogP contribution in [0.1, 0.15) is 16.5 Å². The van der Waals surface area contributed by atoms with Gasteiger partial charge in [0, 0.05) is 15.2 Å². The third-order valence-electron chi connectivity index (χ3n) is 2.49. The standard InChI is InChI=1S/C13H7ClF3I/c14-13(7-3-1-2-4-12(7)18)8-5-10(16)11(17)6-9(8)15/h1-6,13H. The van der Waals surface area contributed by atoms with Crippen molar-refractivity contribution in [2.45, 2.75) is 5.38 Å². The first-order chi connectivity index (χ1) is 8.50. The zero-order chi connectivity index (χ0) is 13.3. The van der Waals surface area contributed by atoms with Crippen LogP contribution < -0.4 is 0 Å². The summed E-state index contributed by atoms with van der Waals surface area (Å²) in [7, 11) is 0. The van der Waals surface area contributed by atoms with E-state index in [2.05, 4.69) is 22.6 Å². The van der Waals surface area contributed by atoms with E-state index in [4.69, 9.17) is 11.6 Å². The summed E-state index contributed by atoms with van der Waals surface area (Å²) in [5, 5.41) is -0.854. The molecule has 5 heteroatoms. The number of hydrogen-bond acceptors (Lipinski definition) is 0.